The maximum Gasteiger partial charge on any atom is 0.253 e. The van der Waals surface area contributed by atoms with Crippen molar-refractivity contribution in [2.75, 3.05) is 0 Å². The minimum absolute atomic E-state index is 0.147. The molecule has 0 radical (unpaired) electrons. The molecule has 0 fully saturated rings. The van der Waals surface area contributed by atoms with Crippen molar-refractivity contribution < 1.29 is 9.18 Å². The van der Waals surface area contributed by atoms with Crippen molar-refractivity contribution in [2.45, 2.75) is 24.0 Å². The number of benzene rings is 2. The molecule has 23 heavy (non-hydrogen) atoms. The highest BCUT2D eigenvalue weighted by molar-refractivity contribution is 8.00. The fourth-order valence-corrected chi connectivity index (χ4v) is 2.83. The molecule has 0 saturated heterocycles. The second-order valence-corrected chi connectivity index (χ2v) is 6.76. The summed E-state index contributed by atoms with van der Waals surface area (Å²) >= 11 is 7.31. The lowest BCUT2D eigenvalue weighted by Gasteiger charge is -2.09. The van der Waals surface area contributed by atoms with Crippen molar-refractivity contribution in [2.24, 2.45) is 5.10 Å². The lowest BCUT2D eigenvalue weighted by molar-refractivity contribution is -0.120. The molecule has 1 amide bonds. The van der Waals surface area contributed by atoms with Gasteiger partial charge in [-0.15, -0.1) is 11.8 Å². The van der Waals surface area contributed by atoms with E-state index in [1.807, 2.05) is 31.2 Å². The van der Waals surface area contributed by atoms with Crippen LogP contribution in [0.1, 0.15) is 18.1 Å². The number of amides is 1. The maximum atomic E-state index is 13.6. The summed E-state index contributed by atoms with van der Waals surface area (Å²) in [4.78, 5) is 13.0. The molecule has 0 aliphatic carbocycles. The summed E-state index contributed by atoms with van der Waals surface area (Å²) in [5.41, 5.74) is 3.71. The summed E-state index contributed by atoms with van der Waals surface area (Å²) in [6.07, 6.45) is 1.21. The molecule has 2 aromatic carbocycles. The van der Waals surface area contributed by atoms with Crippen molar-refractivity contribution in [3.63, 3.8) is 0 Å². The minimum atomic E-state index is -0.488. The van der Waals surface area contributed by atoms with Gasteiger partial charge in [0.05, 0.1) is 16.5 Å². The topological polar surface area (TPSA) is 41.5 Å². The fourth-order valence-electron chi connectivity index (χ4n) is 1.76. The Morgan fingerprint density at radius 2 is 2.00 bits per heavy atom. The molecule has 1 atom stereocenters. The van der Waals surface area contributed by atoms with E-state index in [0.29, 0.717) is 0 Å². The number of hydrogen-bond donors (Lipinski definition) is 1. The highest BCUT2D eigenvalue weighted by atomic mass is 35.5. The molecule has 0 heterocycles. The highest BCUT2D eigenvalue weighted by Gasteiger charge is 2.13. The Kier molecular flexibility index (Phi) is 6.19. The van der Waals surface area contributed by atoms with Crippen LogP contribution in [0.4, 0.5) is 4.39 Å². The molecule has 0 aromatic heterocycles. The first-order valence-corrected chi connectivity index (χ1v) is 8.23. The van der Waals surface area contributed by atoms with Crippen LogP contribution < -0.4 is 5.43 Å². The third-order valence-electron chi connectivity index (χ3n) is 3.07. The van der Waals surface area contributed by atoms with E-state index in [9.17, 15) is 9.18 Å². The predicted molar refractivity (Wildman–Crippen MR) is 93.6 cm³/mol. The van der Waals surface area contributed by atoms with Crippen molar-refractivity contribution in [3.8, 4) is 0 Å². The lowest BCUT2D eigenvalue weighted by atomic mass is 10.2. The molecule has 2 rings (SSSR count). The first-order chi connectivity index (χ1) is 11.0. The van der Waals surface area contributed by atoms with E-state index in [-0.39, 0.29) is 21.7 Å². The Morgan fingerprint density at radius 3 is 2.65 bits per heavy atom. The number of rotatable bonds is 5. The molecule has 6 heteroatoms. The van der Waals surface area contributed by atoms with Crippen LogP contribution in [0.25, 0.3) is 0 Å². The van der Waals surface area contributed by atoms with E-state index in [1.165, 1.54) is 30.1 Å². The molecule has 0 saturated carbocycles. The molecule has 0 bridgehead atoms. The van der Waals surface area contributed by atoms with Crippen LogP contribution in [0, 0.1) is 12.7 Å². The number of thioether (sulfide) groups is 1. The molecule has 120 valence electrons. The third-order valence-corrected chi connectivity index (χ3v) is 4.51. The molecule has 3 nitrogen and oxygen atoms in total. The summed E-state index contributed by atoms with van der Waals surface area (Å²) in [7, 11) is 0. The Hall–Kier alpha value is -1.85. The molecular weight excluding hydrogens is 335 g/mol. The summed E-state index contributed by atoms with van der Waals surface area (Å²) in [6.45, 7) is 3.79. The van der Waals surface area contributed by atoms with E-state index < -0.39 is 5.82 Å². The molecule has 0 aliphatic rings. The smallest absolute Gasteiger partial charge is 0.253 e. The van der Waals surface area contributed by atoms with Gasteiger partial charge in [0.2, 0.25) is 0 Å². The van der Waals surface area contributed by atoms with Gasteiger partial charge in [-0.2, -0.15) is 5.10 Å². The van der Waals surface area contributed by atoms with Crippen LogP contribution in [-0.4, -0.2) is 17.4 Å². The van der Waals surface area contributed by atoms with Crippen LogP contribution in [0.5, 0.6) is 0 Å². The van der Waals surface area contributed by atoms with Crippen LogP contribution in [0.2, 0.25) is 5.02 Å². The van der Waals surface area contributed by atoms with E-state index in [0.717, 1.165) is 10.5 Å². The van der Waals surface area contributed by atoms with Gasteiger partial charge in [-0.25, -0.2) is 9.82 Å². The first-order valence-electron chi connectivity index (χ1n) is 6.97. The minimum Gasteiger partial charge on any atom is -0.272 e. The Bertz CT molecular complexity index is 699. The second-order valence-electron chi connectivity index (χ2n) is 4.94. The summed E-state index contributed by atoms with van der Waals surface area (Å²) in [5.74, 6) is -0.753. The third kappa shape index (κ3) is 5.08. The Balaban J connectivity index is 1.93. The number of hydrazone groups is 1. The standard InChI is InChI=1S/C17H16ClFN2OS/c1-11-6-8-13(9-7-11)23-12(2)17(22)21-20-10-14-15(18)4-3-5-16(14)19/h3-10,12H,1-2H3,(H,21,22)/b20-10-/t12-/m1/s1. The van der Waals surface area contributed by atoms with Gasteiger partial charge in [0.25, 0.3) is 5.91 Å². The molecule has 1 N–H and O–H groups in total. The van der Waals surface area contributed by atoms with Gasteiger partial charge in [-0.1, -0.05) is 35.4 Å². The fraction of sp³-hybridized carbons (Fsp3) is 0.176. The number of halogens is 2. The number of hydrogen-bond acceptors (Lipinski definition) is 3. The number of carbonyl (C=O) groups is 1. The zero-order chi connectivity index (χ0) is 16.8. The van der Waals surface area contributed by atoms with Gasteiger partial charge in [0, 0.05) is 10.5 Å². The van der Waals surface area contributed by atoms with Gasteiger partial charge >= 0.3 is 0 Å². The zero-order valence-corrected chi connectivity index (χ0v) is 14.3. The SMILES string of the molecule is Cc1ccc(S[C@H](C)C(=O)N/N=C\c2c(F)cccc2Cl)cc1. The van der Waals surface area contributed by atoms with Crippen LogP contribution in [0.3, 0.4) is 0 Å². The molecule has 0 unspecified atom stereocenters. The number of nitrogens with one attached hydrogen (secondary N) is 1. The molecule has 0 aliphatic heterocycles. The molecule has 2 aromatic rings. The lowest BCUT2D eigenvalue weighted by Crippen LogP contribution is -2.26. The van der Waals surface area contributed by atoms with E-state index in [1.54, 1.807) is 13.0 Å². The monoisotopic (exact) mass is 350 g/mol. The quantitative estimate of drug-likeness (QED) is 0.492. The summed E-state index contributed by atoms with van der Waals surface area (Å²) in [6, 6.07) is 12.3. The predicted octanol–water partition coefficient (Wildman–Crippen LogP) is 4.42. The van der Waals surface area contributed by atoms with Gasteiger partial charge in [-0.05, 0) is 38.1 Å². The van der Waals surface area contributed by atoms with E-state index in [4.69, 9.17) is 11.6 Å². The van der Waals surface area contributed by atoms with E-state index in [2.05, 4.69) is 10.5 Å². The summed E-state index contributed by atoms with van der Waals surface area (Å²) in [5, 5.41) is 3.69. The van der Waals surface area contributed by atoms with Gasteiger partial charge < -0.3 is 0 Å². The van der Waals surface area contributed by atoms with Crippen molar-refractivity contribution in [3.05, 3.63) is 64.4 Å². The first kappa shape index (κ1) is 17.5. The van der Waals surface area contributed by atoms with Gasteiger partial charge in [0.15, 0.2) is 0 Å². The maximum absolute atomic E-state index is 13.6. The molecular formula is C17H16ClFN2OS. The number of carbonyl (C=O) groups excluding carboxylic acids is 1. The zero-order valence-electron chi connectivity index (χ0n) is 12.7. The largest absolute Gasteiger partial charge is 0.272 e. The van der Waals surface area contributed by atoms with Crippen molar-refractivity contribution in [1.82, 2.24) is 5.43 Å². The van der Waals surface area contributed by atoms with E-state index >= 15 is 0 Å². The van der Waals surface area contributed by atoms with Gasteiger partial charge in [0.1, 0.15) is 5.82 Å². The Morgan fingerprint density at radius 1 is 1.30 bits per heavy atom. The highest BCUT2D eigenvalue weighted by Crippen LogP contribution is 2.23. The average Bonchev–Trinajstić information content (AvgIpc) is 2.52. The normalized spacial score (nSPS) is 12.3. The Labute approximate surface area is 143 Å². The second kappa shape index (κ2) is 8.13. The van der Waals surface area contributed by atoms with Gasteiger partial charge in [-0.3, -0.25) is 4.79 Å². The van der Waals surface area contributed by atoms with Crippen molar-refractivity contribution in [1.29, 1.82) is 0 Å². The van der Waals surface area contributed by atoms with Crippen molar-refractivity contribution >= 4 is 35.5 Å². The average molecular weight is 351 g/mol. The number of nitrogens with zero attached hydrogens (tertiary/aromatic N) is 1. The van der Waals surface area contributed by atoms with Crippen LogP contribution in [0.15, 0.2) is 52.5 Å². The van der Waals surface area contributed by atoms with Crippen LogP contribution in [-0.2, 0) is 4.79 Å². The number of aryl methyl sites for hydroxylation is 1. The molecule has 0 spiro atoms. The van der Waals surface area contributed by atoms with Crippen LogP contribution >= 0.6 is 23.4 Å². The summed E-state index contributed by atoms with van der Waals surface area (Å²) < 4.78 is 13.6.